The van der Waals surface area contributed by atoms with Gasteiger partial charge in [0.15, 0.2) is 5.69 Å². The van der Waals surface area contributed by atoms with Gasteiger partial charge in [0, 0.05) is 24.2 Å². The van der Waals surface area contributed by atoms with Crippen LogP contribution < -0.4 is 0 Å². The maximum Gasteiger partial charge on any atom is 0.355 e. The van der Waals surface area contributed by atoms with E-state index in [0.29, 0.717) is 16.9 Å². The fourth-order valence-electron chi connectivity index (χ4n) is 2.11. The summed E-state index contributed by atoms with van der Waals surface area (Å²) in [5.74, 6) is -1.00. The molecule has 19 heavy (non-hydrogen) atoms. The third kappa shape index (κ3) is 1.76. The minimum absolute atomic E-state index is 0.159. The van der Waals surface area contributed by atoms with Crippen molar-refractivity contribution in [1.82, 2.24) is 14.4 Å². The second-order valence-electron chi connectivity index (χ2n) is 4.24. The van der Waals surface area contributed by atoms with Crippen LogP contribution >= 0.6 is 0 Å². The summed E-state index contributed by atoms with van der Waals surface area (Å²) in [6.07, 6.45) is 4.97. The van der Waals surface area contributed by atoms with Crippen LogP contribution in [0, 0.1) is 6.92 Å². The first-order valence-electron chi connectivity index (χ1n) is 5.80. The van der Waals surface area contributed by atoms with Gasteiger partial charge in [0.05, 0.1) is 0 Å². The summed E-state index contributed by atoms with van der Waals surface area (Å²) >= 11 is 0. The summed E-state index contributed by atoms with van der Waals surface area (Å²) in [4.78, 5) is 20.0. The number of hydrogen-bond acceptors (Lipinski definition) is 3. The number of carboxylic acids is 1. The number of imidazole rings is 1. The smallest absolute Gasteiger partial charge is 0.355 e. The fourth-order valence-corrected chi connectivity index (χ4v) is 2.11. The summed E-state index contributed by atoms with van der Waals surface area (Å²) in [6, 6.07) is 7.28. The lowest BCUT2D eigenvalue weighted by Crippen LogP contribution is -2.03. The fraction of sp³-hybridized carbons (Fsp3) is 0.0714. The Balaban J connectivity index is 2.39. The second-order valence-corrected chi connectivity index (χ2v) is 4.24. The predicted octanol–water partition coefficient (Wildman–Crippen LogP) is 2.40. The predicted molar refractivity (Wildman–Crippen MR) is 70.1 cm³/mol. The summed E-state index contributed by atoms with van der Waals surface area (Å²) < 4.78 is 1.60. The van der Waals surface area contributed by atoms with Crippen LogP contribution in [0.2, 0.25) is 0 Å². The van der Waals surface area contributed by atoms with Gasteiger partial charge in [-0.1, -0.05) is 6.07 Å². The number of hydrogen-bond donors (Lipinski definition) is 1. The van der Waals surface area contributed by atoms with Crippen LogP contribution in [-0.4, -0.2) is 25.4 Å². The first-order valence-corrected chi connectivity index (χ1v) is 5.80. The number of aryl methyl sites for hydroxylation is 1. The van der Waals surface area contributed by atoms with E-state index in [9.17, 15) is 9.90 Å². The van der Waals surface area contributed by atoms with Crippen molar-refractivity contribution in [3.05, 3.63) is 54.1 Å². The van der Waals surface area contributed by atoms with E-state index in [1.54, 1.807) is 35.1 Å². The van der Waals surface area contributed by atoms with Gasteiger partial charge in [-0.15, -0.1) is 0 Å². The van der Waals surface area contributed by atoms with E-state index in [4.69, 9.17) is 0 Å². The molecule has 5 nitrogen and oxygen atoms in total. The molecule has 0 spiro atoms. The summed E-state index contributed by atoms with van der Waals surface area (Å²) in [7, 11) is 0. The highest BCUT2D eigenvalue weighted by molar-refractivity contribution is 5.94. The SMILES string of the molecule is Cc1cccn2c(C(=O)O)c(-c3cccnc3)nc12. The highest BCUT2D eigenvalue weighted by atomic mass is 16.4. The molecule has 0 aliphatic heterocycles. The summed E-state index contributed by atoms with van der Waals surface area (Å²) in [6.45, 7) is 1.90. The second kappa shape index (κ2) is 4.20. The van der Waals surface area contributed by atoms with E-state index in [1.165, 1.54) is 0 Å². The number of nitrogens with zero attached hydrogens (tertiary/aromatic N) is 3. The van der Waals surface area contributed by atoms with Crippen molar-refractivity contribution in [2.75, 3.05) is 0 Å². The number of carbonyl (C=O) groups is 1. The van der Waals surface area contributed by atoms with Crippen molar-refractivity contribution < 1.29 is 9.90 Å². The van der Waals surface area contributed by atoms with Gasteiger partial charge in [0.1, 0.15) is 11.3 Å². The van der Waals surface area contributed by atoms with Crippen LogP contribution in [0.4, 0.5) is 0 Å². The van der Waals surface area contributed by atoms with Crippen LogP contribution in [0.25, 0.3) is 16.9 Å². The number of aromatic nitrogens is 3. The zero-order valence-electron chi connectivity index (χ0n) is 10.2. The minimum atomic E-state index is -1.00. The lowest BCUT2D eigenvalue weighted by atomic mass is 10.2. The van der Waals surface area contributed by atoms with Crippen molar-refractivity contribution in [1.29, 1.82) is 0 Å². The molecule has 3 aromatic rings. The quantitative estimate of drug-likeness (QED) is 0.761. The summed E-state index contributed by atoms with van der Waals surface area (Å²) in [5, 5.41) is 9.42. The topological polar surface area (TPSA) is 67.5 Å². The molecular weight excluding hydrogens is 242 g/mol. The van der Waals surface area contributed by atoms with Crippen LogP contribution in [0.5, 0.6) is 0 Å². The van der Waals surface area contributed by atoms with Crippen LogP contribution in [0.15, 0.2) is 42.9 Å². The van der Waals surface area contributed by atoms with Crippen LogP contribution in [0.1, 0.15) is 16.1 Å². The molecule has 0 saturated carbocycles. The normalized spacial score (nSPS) is 10.8. The third-order valence-corrected chi connectivity index (χ3v) is 2.98. The maximum absolute atomic E-state index is 11.5. The Morgan fingerprint density at radius 3 is 2.84 bits per heavy atom. The summed E-state index contributed by atoms with van der Waals surface area (Å²) in [5.41, 5.74) is 2.88. The lowest BCUT2D eigenvalue weighted by molar-refractivity contribution is 0.0690. The largest absolute Gasteiger partial charge is 0.476 e. The highest BCUT2D eigenvalue weighted by Gasteiger charge is 2.20. The minimum Gasteiger partial charge on any atom is -0.476 e. The third-order valence-electron chi connectivity index (χ3n) is 2.98. The van der Waals surface area contributed by atoms with Crippen LogP contribution in [-0.2, 0) is 0 Å². The zero-order valence-corrected chi connectivity index (χ0v) is 10.2. The number of carboxylic acid groups (broad SMARTS) is 1. The molecule has 0 aromatic carbocycles. The van der Waals surface area contributed by atoms with Crippen molar-refractivity contribution in [2.45, 2.75) is 6.92 Å². The van der Waals surface area contributed by atoms with Crippen LogP contribution in [0.3, 0.4) is 0 Å². The Labute approximate surface area is 109 Å². The average molecular weight is 253 g/mol. The Morgan fingerprint density at radius 1 is 1.32 bits per heavy atom. The molecule has 0 bridgehead atoms. The van der Waals surface area contributed by atoms with E-state index < -0.39 is 5.97 Å². The molecule has 94 valence electrons. The Hall–Kier alpha value is -2.69. The van der Waals surface area contributed by atoms with Gasteiger partial charge < -0.3 is 5.11 Å². The molecule has 0 saturated heterocycles. The first kappa shape index (κ1) is 11.4. The Kier molecular flexibility index (Phi) is 2.52. The highest BCUT2D eigenvalue weighted by Crippen LogP contribution is 2.25. The zero-order chi connectivity index (χ0) is 13.4. The molecule has 5 heteroatoms. The molecule has 0 radical (unpaired) electrons. The molecule has 0 unspecified atom stereocenters. The molecule has 3 rings (SSSR count). The molecule has 3 aromatic heterocycles. The monoisotopic (exact) mass is 253 g/mol. The van der Waals surface area contributed by atoms with Gasteiger partial charge in [-0.25, -0.2) is 9.78 Å². The van der Waals surface area contributed by atoms with Crippen molar-refractivity contribution in [2.24, 2.45) is 0 Å². The van der Waals surface area contributed by atoms with E-state index in [-0.39, 0.29) is 5.69 Å². The first-order chi connectivity index (χ1) is 9.18. The molecular formula is C14H11N3O2. The Morgan fingerprint density at radius 2 is 2.16 bits per heavy atom. The lowest BCUT2D eigenvalue weighted by Gasteiger charge is -2.00. The maximum atomic E-state index is 11.5. The van der Waals surface area contributed by atoms with E-state index in [1.807, 2.05) is 19.1 Å². The van der Waals surface area contributed by atoms with Gasteiger partial charge in [-0.2, -0.15) is 0 Å². The average Bonchev–Trinajstić information content (AvgIpc) is 2.81. The van der Waals surface area contributed by atoms with E-state index >= 15 is 0 Å². The molecule has 0 atom stereocenters. The Bertz CT molecular complexity index is 763. The van der Waals surface area contributed by atoms with Gasteiger partial charge in [0.2, 0.25) is 0 Å². The van der Waals surface area contributed by atoms with Crippen molar-refractivity contribution >= 4 is 11.6 Å². The standard InChI is InChI=1S/C14H11N3O2/c1-9-4-3-7-17-12(14(18)19)11(16-13(9)17)10-5-2-6-15-8-10/h2-8H,1H3,(H,18,19). The number of fused-ring (bicyclic) bond motifs is 1. The van der Waals surface area contributed by atoms with Crippen molar-refractivity contribution in [3.63, 3.8) is 0 Å². The van der Waals surface area contributed by atoms with E-state index in [0.717, 1.165) is 5.56 Å². The number of pyridine rings is 2. The number of rotatable bonds is 2. The van der Waals surface area contributed by atoms with Gasteiger partial charge >= 0.3 is 5.97 Å². The van der Waals surface area contributed by atoms with Gasteiger partial charge in [0.25, 0.3) is 0 Å². The van der Waals surface area contributed by atoms with Crippen molar-refractivity contribution in [3.8, 4) is 11.3 Å². The molecule has 0 aliphatic carbocycles. The molecule has 0 fully saturated rings. The molecule has 0 aliphatic rings. The molecule has 1 N–H and O–H groups in total. The number of aromatic carboxylic acids is 1. The van der Waals surface area contributed by atoms with Gasteiger partial charge in [-0.05, 0) is 30.7 Å². The van der Waals surface area contributed by atoms with E-state index in [2.05, 4.69) is 9.97 Å². The molecule has 0 amide bonds. The molecule has 3 heterocycles. The van der Waals surface area contributed by atoms with Gasteiger partial charge in [-0.3, -0.25) is 9.38 Å².